The number of unbranched alkanes of at least 4 members (excludes halogenated alkanes) is 6. The Morgan fingerprint density at radius 2 is 1.44 bits per heavy atom. The second-order valence-corrected chi connectivity index (χ2v) is 15.8. The molecule has 1 amide bonds. The summed E-state index contributed by atoms with van der Waals surface area (Å²) < 4.78 is 11.9. The van der Waals surface area contributed by atoms with Crippen LogP contribution < -0.4 is 25.6 Å². The number of piperidine rings is 1. The number of fused-ring (bicyclic) bond motifs is 1. The molecule has 2 heterocycles. The number of amides is 1. The first-order valence-electron chi connectivity index (χ1n) is 22.7. The van der Waals surface area contributed by atoms with Crippen LogP contribution >= 0.6 is 0 Å². The highest BCUT2D eigenvalue weighted by molar-refractivity contribution is 5.91. The molecule has 4 aromatic carbocycles. The Hall–Kier alpha value is -5.07. The molecule has 11 heteroatoms. The monoisotopic (exact) mass is 852 g/mol. The number of aromatic amines is 1. The van der Waals surface area contributed by atoms with E-state index in [2.05, 4.69) is 46.2 Å². The third kappa shape index (κ3) is 16.3. The first-order valence-corrected chi connectivity index (χ1v) is 22.7. The van der Waals surface area contributed by atoms with E-state index in [0.29, 0.717) is 24.4 Å². The van der Waals surface area contributed by atoms with Gasteiger partial charge in [0.15, 0.2) is 0 Å². The summed E-state index contributed by atoms with van der Waals surface area (Å²) in [7, 11) is 0. The maximum absolute atomic E-state index is 12.7. The van der Waals surface area contributed by atoms with Crippen molar-refractivity contribution in [3.8, 4) is 16.9 Å². The molecular formula is C51H70FN5O5. The van der Waals surface area contributed by atoms with Crippen LogP contribution in [0.1, 0.15) is 97.2 Å². The fourth-order valence-corrected chi connectivity index (χ4v) is 7.89. The molecule has 0 spiro atoms. The normalized spacial score (nSPS) is 13.5. The molecule has 1 aromatic heterocycles. The Morgan fingerprint density at radius 1 is 0.806 bits per heavy atom. The topological polar surface area (TPSA) is 119 Å². The molecule has 1 saturated heterocycles. The molecule has 6 rings (SSSR count). The molecular weight excluding hydrogens is 782 g/mol. The van der Waals surface area contributed by atoms with Crippen molar-refractivity contribution < 1.29 is 25.5 Å². The minimum absolute atomic E-state index is 0. The van der Waals surface area contributed by atoms with Crippen LogP contribution in [0.3, 0.4) is 0 Å². The number of carbonyl (C=O) groups is 1. The van der Waals surface area contributed by atoms with E-state index in [1.807, 2.05) is 97.1 Å². The van der Waals surface area contributed by atoms with Gasteiger partial charge >= 0.3 is 7.52 Å². The molecule has 5 aromatic rings. The molecule has 0 radical (unpaired) electrons. The van der Waals surface area contributed by atoms with Gasteiger partial charge in [-0.3, -0.25) is 10.1 Å². The van der Waals surface area contributed by atoms with Crippen LogP contribution in [-0.2, 0) is 11.3 Å². The Bertz CT molecular complexity index is 2060. The molecule has 1 aliphatic rings. The van der Waals surface area contributed by atoms with Crippen molar-refractivity contribution in [2.45, 2.75) is 97.4 Å². The van der Waals surface area contributed by atoms with E-state index in [1.54, 1.807) is 6.07 Å². The molecule has 336 valence electrons. The summed E-state index contributed by atoms with van der Waals surface area (Å²) >= 11 is 0. The minimum Gasteiger partial charge on any atom is -1.00 e. The first kappa shape index (κ1) is 49.6. The molecule has 1 fully saturated rings. The predicted octanol–water partition coefficient (Wildman–Crippen LogP) is 7.31. The zero-order valence-corrected chi connectivity index (χ0v) is 37.1. The lowest BCUT2D eigenvalue weighted by molar-refractivity contribution is -0.0000251. The lowest BCUT2D eigenvalue weighted by Crippen LogP contribution is -3.00. The number of benzene rings is 4. The van der Waals surface area contributed by atoms with Gasteiger partial charge in [-0.2, -0.15) is 0 Å². The lowest BCUT2D eigenvalue weighted by Gasteiger charge is -2.31. The fourth-order valence-electron chi connectivity index (χ4n) is 7.89. The summed E-state index contributed by atoms with van der Waals surface area (Å²) in [6, 6.07) is 34.7. The van der Waals surface area contributed by atoms with Crippen LogP contribution in [0.25, 0.3) is 22.0 Å². The van der Waals surface area contributed by atoms with E-state index in [9.17, 15) is 14.7 Å². The molecule has 0 unspecified atom stereocenters. The van der Waals surface area contributed by atoms with Gasteiger partial charge in [-0.05, 0) is 93.3 Å². The van der Waals surface area contributed by atoms with E-state index in [-0.39, 0.29) is 23.9 Å². The zero-order valence-electron chi connectivity index (χ0n) is 38.1. The average molecular weight is 852 g/mol. The number of hydrogen-bond donors (Lipinski definition) is 4. The summed E-state index contributed by atoms with van der Waals surface area (Å²) in [4.78, 5) is 32.6. The van der Waals surface area contributed by atoms with E-state index in [4.69, 9.17) is 9.47 Å². The molecule has 1 atom stereocenters. The SMILES string of the molecule is CCN(CC)CC.O=C(Nc1ccccc1-c1ccccc1)OC1CCN(CCCCCCCCCNC[C@H](O)c2ccc(OCc3ccccc3)c3[nH]c(=O)ccc23)CC1.[F-].[H+]. The van der Waals surface area contributed by atoms with Gasteiger partial charge in [0.25, 0.3) is 0 Å². The summed E-state index contributed by atoms with van der Waals surface area (Å²) in [6.45, 7) is 14.8. The van der Waals surface area contributed by atoms with Gasteiger partial charge in [0.2, 0.25) is 5.56 Å². The smallest absolute Gasteiger partial charge is 1.00 e. The second kappa shape index (κ2) is 27.8. The Balaban J connectivity index is 0.00000108. The summed E-state index contributed by atoms with van der Waals surface area (Å²) in [5.41, 5.74) is 5.01. The summed E-state index contributed by atoms with van der Waals surface area (Å²) in [6.07, 6.45) is 8.98. The van der Waals surface area contributed by atoms with Crippen LogP contribution in [-0.4, -0.2) is 84.4 Å². The average Bonchev–Trinajstić information content (AvgIpc) is 3.29. The Kier molecular flexibility index (Phi) is 22.2. The van der Waals surface area contributed by atoms with Crippen LogP contribution in [0.5, 0.6) is 5.75 Å². The number of pyridine rings is 1. The van der Waals surface area contributed by atoms with Gasteiger partial charge in [-0.25, -0.2) is 4.79 Å². The van der Waals surface area contributed by atoms with Crippen molar-refractivity contribution >= 4 is 22.7 Å². The number of anilines is 1. The number of carbonyl (C=O) groups excluding carboxylic acids is 1. The van der Waals surface area contributed by atoms with Gasteiger partial charge in [0.05, 0.1) is 17.3 Å². The molecule has 62 heavy (non-hydrogen) atoms. The predicted molar refractivity (Wildman–Crippen MR) is 252 cm³/mol. The second-order valence-electron chi connectivity index (χ2n) is 15.8. The third-order valence-corrected chi connectivity index (χ3v) is 11.6. The minimum atomic E-state index is -0.701. The molecule has 1 aliphatic heterocycles. The maximum Gasteiger partial charge on any atom is 1.00 e. The number of ether oxygens (including phenoxy) is 2. The first-order chi connectivity index (χ1) is 29.9. The number of aliphatic hydroxyl groups excluding tert-OH is 1. The number of likely N-dealkylation sites (tertiary alicyclic amines) is 1. The zero-order chi connectivity index (χ0) is 43.1. The van der Waals surface area contributed by atoms with Gasteiger partial charge in [0, 0.05) is 36.7 Å². The third-order valence-electron chi connectivity index (χ3n) is 11.6. The number of nitrogens with one attached hydrogen (secondary N) is 3. The van der Waals surface area contributed by atoms with Crippen LogP contribution in [0, 0.1) is 0 Å². The summed E-state index contributed by atoms with van der Waals surface area (Å²) in [5, 5.41) is 18.2. The van der Waals surface area contributed by atoms with Crippen LogP contribution in [0.15, 0.2) is 114 Å². The van der Waals surface area contributed by atoms with Gasteiger partial charge in [0.1, 0.15) is 18.5 Å². The number of nitrogens with zero attached hydrogens (tertiary/aromatic N) is 2. The fraction of sp³-hybridized carbons (Fsp3) is 0.451. The maximum atomic E-state index is 12.7. The van der Waals surface area contributed by atoms with Crippen LogP contribution in [0.4, 0.5) is 10.5 Å². The van der Waals surface area contributed by atoms with E-state index < -0.39 is 6.10 Å². The van der Waals surface area contributed by atoms with Gasteiger partial charge in [-0.1, -0.05) is 138 Å². The molecule has 0 bridgehead atoms. The highest BCUT2D eigenvalue weighted by atomic mass is 19.0. The van der Waals surface area contributed by atoms with Crippen molar-refractivity contribution in [1.82, 2.24) is 20.1 Å². The molecule has 10 nitrogen and oxygen atoms in total. The van der Waals surface area contributed by atoms with Crippen LogP contribution in [0.2, 0.25) is 0 Å². The number of para-hydroxylation sites is 1. The highest BCUT2D eigenvalue weighted by Crippen LogP contribution is 2.31. The highest BCUT2D eigenvalue weighted by Gasteiger charge is 2.22. The standard InChI is InChI=1S/C45H54N4O5.C6H15N.FH/c50-41(38-22-24-42(44-39(38)23-25-43(51)48-44)53-33-34-16-8-6-9-17-34)32-46-28-14-4-2-1-3-5-15-29-49-30-26-36(27-31-49)54-45(52)47-40-21-13-12-20-37(40)35-18-10-7-11-19-35;1-4-7(5-2)6-3;/h6-13,16-25,36,41,46,50H,1-5,14-15,26-33H2,(H,47,52)(H,48,51);4-6H2,1-3H3;1H/t41-;;/m0../s1. The lowest BCUT2D eigenvalue weighted by atomic mass is 10.0. The molecule has 0 saturated carbocycles. The van der Waals surface area contributed by atoms with Crippen molar-refractivity contribution in [3.63, 3.8) is 0 Å². The number of H-pyrrole nitrogens is 1. The molecule has 0 aliphatic carbocycles. The van der Waals surface area contributed by atoms with Crippen molar-refractivity contribution in [1.29, 1.82) is 0 Å². The van der Waals surface area contributed by atoms with E-state index >= 15 is 0 Å². The Morgan fingerprint density at radius 3 is 2.11 bits per heavy atom. The number of aliphatic hydroxyl groups is 1. The Labute approximate surface area is 369 Å². The van der Waals surface area contributed by atoms with Crippen molar-refractivity contribution in [2.24, 2.45) is 0 Å². The number of hydrogen-bond acceptors (Lipinski definition) is 8. The summed E-state index contributed by atoms with van der Waals surface area (Å²) in [5.74, 6) is 0.589. The van der Waals surface area contributed by atoms with Crippen molar-refractivity contribution in [3.05, 3.63) is 131 Å². The van der Waals surface area contributed by atoms with Gasteiger partial charge in [-0.15, -0.1) is 0 Å². The van der Waals surface area contributed by atoms with Crippen molar-refractivity contribution in [2.75, 3.05) is 57.7 Å². The quantitative estimate of drug-likeness (QED) is 0.0536. The number of rotatable bonds is 22. The number of halogens is 1. The van der Waals surface area contributed by atoms with E-state index in [1.165, 1.54) is 64.2 Å². The van der Waals surface area contributed by atoms with E-state index in [0.717, 1.165) is 78.8 Å². The largest absolute Gasteiger partial charge is 1.00 e. The van der Waals surface area contributed by atoms with Gasteiger partial charge < -0.3 is 39.4 Å². The number of aromatic nitrogens is 1. The molecule has 4 N–H and O–H groups in total.